The van der Waals surface area contributed by atoms with Gasteiger partial charge in [-0.25, -0.2) is 4.79 Å². The van der Waals surface area contributed by atoms with Crippen LogP contribution in [0.15, 0.2) is 42.1 Å². The molecule has 4 heteroatoms. The molecule has 1 aromatic carbocycles. The van der Waals surface area contributed by atoms with E-state index in [1.165, 1.54) is 0 Å². The van der Waals surface area contributed by atoms with Crippen molar-refractivity contribution in [3.8, 4) is 6.07 Å². The van der Waals surface area contributed by atoms with Crippen LogP contribution in [0.25, 0.3) is 10.9 Å². The van der Waals surface area contributed by atoms with Crippen LogP contribution in [0.4, 0.5) is 0 Å². The van der Waals surface area contributed by atoms with Crippen LogP contribution >= 0.6 is 0 Å². The van der Waals surface area contributed by atoms with Gasteiger partial charge < -0.3 is 9.67 Å². The highest BCUT2D eigenvalue weighted by Gasteiger charge is 2.05. The molecule has 1 N–H and O–H groups in total. The summed E-state index contributed by atoms with van der Waals surface area (Å²) in [7, 11) is 0. The molecule has 18 heavy (non-hydrogen) atoms. The Balaban J connectivity index is 2.40. The molecule has 0 fully saturated rings. The molecule has 0 radical (unpaired) electrons. The van der Waals surface area contributed by atoms with Gasteiger partial charge >= 0.3 is 5.97 Å². The number of rotatable bonds is 3. The van der Waals surface area contributed by atoms with Gasteiger partial charge in [-0.2, -0.15) is 5.26 Å². The summed E-state index contributed by atoms with van der Waals surface area (Å²) in [6, 6.07) is 9.53. The lowest BCUT2D eigenvalue weighted by Gasteiger charge is -2.02. The van der Waals surface area contributed by atoms with Crippen LogP contribution in [0, 0.1) is 11.3 Å². The molecular formula is C14H12N2O2. The molecule has 0 aliphatic heterocycles. The fourth-order valence-electron chi connectivity index (χ4n) is 1.80. The minimum Gasteiger partial charge on any atom is -0.478 e. The average molecular weight is 240 g/mol. The Labute approximate surface area is 104 Å². The van der Waals surface area contributed by atoms with Crippen LogP contribution in [-0.2, 0) is 11.3 Å². The maximum absolute atomic E-state index is 10.7. The summed E-state index contributed by atoms with van der Waals surface area (Å²) in [4.78, 5) is 10.7. The number of fused-ring (bicyclic) bond motifs is 1. The van der Waals surface area contributed by atoms with Gasteiger partial charge in [-0.15, -0.1) is 0 Å². The van der Waals surface area contributed by atoms with E-state index in [1.54, 1.807) is 19.1 Å². The van der Waals surface area contributed by atoms with Crippen LogP contribution < -0.4 is 0 Å². The topological polar surface area (TPSA) is 66.0 Å². The van der Waals surface area contributed by atoms with Gasteiger partial charge in [-0.05, 0) is 25.1 Å². The Morgan fingerprint density at radius 3 is 2.94 bits per heavy atom. The summed E-state index contributed by atoms with van der Waals surface area (Å²) in [5.74, 6) is -0.913. The predicted molar refractivity (Wildman–Crippen MR) is 68.0 cm³/mol. The van der Waals surface area contributed by atoms with Gasteiger partial charge in [0.25, 0.3) is 0 Å². The van der Waals surface area contributed by atoms with E-state index in [9.17, 15) is 4.79 Å². The van der Waals surface area contributed by atoms with Crippen molar-refractivity contribution in [1.82, 2.24) is 4.57 Å². The molecule has 0 spiro atoms. The lowest BCUT2D eigenvalue weighted by Crippen LogP contribution is -1.99. The smallest absolute Gasteiger partial charge is 0.331 e. The van der Waals surface area contributed by atoms with E-state index < -0.39 is 5.97 Å². The van der Waals surface area contributed by atoms with Gasteiger partial charge in [0.1, 0.15) is 0 Å². The van der Waals surface area contributed by atoms with E-state index in [4.69, 9.17) is 10.4 Å². The number of nitriles is 1. The number of carboxylic acid groups (broad SMARTS) is 1. The minimum absolute atomic E-state index is 0.313. The zero-order chi connectivity index (χ0) is 13.1. The summed E-state index contributed by atoms with van der Waals surface area (Å²) < 4.78 is 1.92. The fraction of sp³-hybridized carbons (Fsp3) is 0.143. The number of benzene rings is 1. The second-order valence-electron chi connectivity index (χ2n) is 4.01. The monoisotopic (exact) mass is 240 g/mol. The number of allylic oxidation sites excluding steroid dienone is 1. The first kappa shape index (κ1) is 11.9. The third-order valence-electron chi connectivity index (χ3n) is 2.87. The predicted octanol–water partition coefficient (Wildman–Crippen LogP) is 2.54. The molecule has 0 saturated heterocycles. The zero-order valence-corrected chi connectivity index (χ0v) is 9.92. The number of hydrogen-bond acceptors (Lipinski definition) is 2. The second-order valence-corrected chi connectivity index (χ2v) is 4.01. The Hall–Kier alpha value is -2.54. The summed E-state index contributed by atoms with van der Waals surface area (Å²) in [5, 5.41) is 18.7. The fourth-order valence-corrected chi connectivity index (χ4v) is 1.80. The lowest BCUT2D eigenvalue weighted by atomic mass is 10.1. The largest absolute Gasteiger partial charge is 0.478 e. The van der Waals surface area contributed by atoms with Crippen LogP contribution in [-0.4, -0.2) is 15.6 Å². The van der Waals surface area contributed by atoms with Crippen LogP contribution in [0.5, 0.6) is 0 Å². The van der Waals surface area contributed by atoms with Gasteiger partial charge in [0.05, 0.1) is 11.6 Å². The van der Waals surface area contributed by atoms with E-state index >= 15 is 0 Å². The number of hydrogen-bond donors (Lipinski definition) is 1. The average Bonchev–Trinajstić information content (AvgIpc) is 2.78. The van der Waals surface area contributed by atoms with E-state index in [0.29, 0.717) is 17.7 Å². The van der Waals surface area contributed by atoms with Crippen LogP contribution in [0.1, 0.15) is 12.5 Å². The third kappa shape index (κ3) is 2.11. The molecule has 0 atom stereocenters. The normalized spacial score (nSPS) is 11.4. The summed E-state index contributed by atoms with van der Waals surface area (Å²) in [5.41, 5.74) is 1.88. The Kier molecular flexibility index (Phi) is 3.16. The number of aromatic nitrogens is 1. The summed E-state index contributed by atoms with van der Waals surface area (Å²) in [6.45, 7) is 2.05. The van der Waals surface area contributed by atoms with Gasteiger partial charge in [-0.3, -0.25) is 0 Å². The molecule has 0 unspecified atom stereocenters. The van der Waals surface area contributed by atoms with E-state index in [0.717, 1.165) is 10.9 Å². The molecule has 4 nitrogen and oxygen atoms in total. The molecule has 1 aromatic heterocycles. The highest BCUT2D eigenvalue weighted by molar-refractivity contribution is 5.87. The number of nitrogens with zero attached hydrogens (tertiary/aromatic N) is 2. The van der Waals surface area contributed by atoms with E-state index in [-0.39, 0.29) is 0 Å². The van der Waals surface area contributed by atoms with Crippen molar-refractivity contribution < 1.29 is 9.90 Å². The van der Waals surface area contributed by atoms with E-state index in [2.05, 4.69) is 6.07 Å². The van der Waals surface area contributed by atoms with Crippen molar-refractivity contribution in [3.05, 3.63) is 47.7 Å². The van der Waals surface area contributed by atoms with Crippen LogP contribution in [0.3, 0.4) is 0 Å². The maximum atomic E-state index is 10.7. The molecular weight excluding hydrogens is 228 g/mol. The summed E-state index contributed by atoms with van der Waals surface area (Å²) in [6.07, 6.45) is 3.51. The molecule has 2 rings (SSSR count). The molecule has 0 saturated carbocycles. The summed E-state index contributed by atoms with van der Waals surface area (Å²) >= 11 is 0. The molecule has 90 valence electrons. The lowest BCUT2D eigenvalue weighted by molar-refractivity contribution is -0.132. The van der Waals surface area contributed by atoms with Crippen molar-refractivity contribution in [3.63, 3.8) is 0 Å². The highest BCUT2D eigenvalue weighted by Crippen LogP contribution is 2.19. The molecule has 2 aromatic rings. The highest BCUT2D eigenvalue weighted by atomic mass is 16.4. The maximum Gasteiger partial charge on any atom is 0.331 e. The number of carbonyl (C=O) groups is 1. The van der Waals surface area contributed by atoms with Gasteiger partial charge in [0, 0.05) is 29.2 Å². The Morgan fingerprint density at radius 2 is 2.28 bits per heavy atom. The quantitative estimate of drug-likeness (QED) is 0.838. The first-order chi connectivity index (χ1) is 8.63. The van der Waals surface area contributed by atoms with Gasteiger partial charge in [-0.1, -0.05) is 12.1 Å². The molecule has 1 heterocycles. The first-order valence-electron chi connectivity index (χ1n) is 5.51. The van der Waals surface area contributed by atoms with Crippen LogP contribution in [0.2, 0.25) is 0 Å². The van der Waals surface area contributed by atoms with Crippen molar-refractivity contribution in [1.29, 1.82) is 5.26 Å². The van der Waals surface area contributed by atoms with Gasteiger partial charge in [0.2, 0.25) is 0 Å². The van der Waals surface area contributed by atoms with Crippen molar-refractivity contribution in [2.75, 3.05) is 0 Å². The van der Waals surface area contributed by atoms with Crippen molar-refractivity contribution in [2.24, 2.45) is 0 Å². The molecule has 0 bridgehead atoms. The van der Waals surface area contributed by atoms with Crippen molar-refractivity contribution in [2.45, 2.75) is 13.5 Å². The Bertz CT molecular complexity index is 675. The SMILES string of the molecule is C/C(=C/Cn1ccc2c(C#N)cccc21)C(=O)O. The zero-order valence-electron chi connectivity index (χ0n) is 9.92. The standard InChI is InChI=1S/C14H12N2O2/c1-10(14(17)18)5-7-16-8-6-12-11(9-15)3-2-4-13(12)16/h2-6,8H,7H2,1H3,(H,17,18)/b10-5-. The minimum atomic E-state index is -0.913. The Morgan fingerprint density at radius 1 is 1.50 bits per heavy atom. The molecule has 0 aliphatic rings. The van der Waals surface area contributed by atoms with E-state index in [1.807, 2.05) is 29.0 Å². The second kappa shape index (κ2) is 4.76. The molecule has 0 amide bonds. The molecule has 0 aliphatic carbocycles. The number of aliphatic carboxylic acids is 1. The first-order valence-corrected chi connectivity index (χ1v) is 5.51. The van der Waals surface area contributed by atoms with Crippen molar-refractivity contribution >= 4 is 16.9 Å². The number of carboxylic acids is 1. The van der Waals surface area contributed by atoms with Gasteiger partial charge in [0.15, 0.2) is 0 Å². The third-order valence-corrected chi connectivity index (χ3v) is 2.87.